The highest BCUT2D eigenvalue weighted by Gasteiger charge is 2.16. The van der Waals surface area contributed by atoms with Crippen molar-refractivity contribution < 1.29 is 14.3 Å². The summed E-state index contributed by atoms with van der Waals surface area (Å²) in [6, 6.07) is 23.1. The van der Waals surface area contributed by atoms with Crippen molar-refractivity contribution in [2.45, 2.75) is 0 Å². The van der Waals surface area contributed by atoms with Gasteiger partial charge >= 0.3 is 5.97 Å². The molecule has 0 heterocycles. The summed E-state index contributed by atoms with van der Waals surface area (Å²) in [6.07, 6.45) is 1.55. The fourth-order valence-electron chi connectivity index (χ4n) is 3.30. The molecule has 0 atom stereocenters. The highest BCUT2D eigenvalue weighted by atomic mass is 35.5. The molecule has 0 amide bonds. The van der Waals surface area contributed by atoms with Crippen LogP contribution in [0.25, 0.3) is 10.8 Å². The van der Waals surface area contributed by atoms with Gasteiger partial charge in [-0.2, -0.15) is 5.10 Å². The summed E-state index contributed by atoms with van der Waals surface area (Å²) >= 11 is 17.4. The second-order valence-electron chi connectivity index (χ2n) is 7.26. The number of halogens is 2. The number of rotatable bonds is 6. The molecule has 0 saturated heterocycles. The van der Waals surface area contributed by atoms with Crippen LogP contribution in [0, 0.1) is 0 Å². The number of methoxy groups -OCH3 is 1. The molecule has 4 aromatic rings. The molecule has 4 aromatic carbocycles. The Labute approximate surface area is 217 Å². The minimum atomic E-state index is -0.610. The van der Waals surface area contributed by atoms with Gasteiger partial charge in [-0.15, -0.1) is 0 Å². The van der Waals surface area contributed by atoms with Gasteiger partial charge in [0.25, 0.3) is 0 Å². The third-order valence-corrected chi connectivity index (χ3v) is 5.73. The molecule has 6 nitrogen and oxygen atoms in total. The largest absolute Gasteiger partial charge is 0.497 e. The van der Waals surface area contributed by atoms with Crippen molar-refractivity contribution in [2.75, 3.05) is 12.4 Å². The van der Waals surface area contributed by atoms with Gasteiger partial charge in [-0.25, -0.2) is 4.79 Å². The van der Waals surface area contributed by atoms with Crippen LogP contribution in [0.2, 0.25) is 10.0 Å². The van der Waals surface area contributed by atoms with Gasteiger partial charge in [-0.1, -0.05) is 53.5 Å². The first-order chi connectivity index (χ1) is 16.9. The van der Waals surface area contributed by atoms with Gasteiger partial charge in [0, 0.05) is 16.3 Å². The van der Waals surface area contributed by atoms with Crippen molar-refractivity contribution in [1.82, 2.24) is 5.43 Å². The number of ether oxygens (including phenoxy) is 2. The Kier molecular flexibility index (Phi) is 7.82. The van der Waals surface area contributed by atoms with E-state index in [1.807, 2.05) is 54.6 Å². The number of nitrogens with one attached hydrogen (secondary N) is 2. The topological polar surface area (TPSA) is 71.9 Å². The molecular formula is C26H19Cl2N3O3S. The minimum Gasteiger partial charge on any atom is -0.497 e. The number of carbonyl (C=O) groups excluding carboxylic acids is 1. The van der Waals surface area contributed by atoms with Crippen LogP contribution in [0.4, 0.5) is 5.69 Å². The number of hydrogen-bond donors (Lipinski definition) is 2. The van der Waals surface area contributed by atoms with E-state index < -0.39 is 5.97 Å². The summed E-state index contributed by atoms with van der Waals surface area (Å²) in [6.45, 7) is 0. The lowest BCUT2D eigenvalue weighted by Gasteiger charge is -2.12. The minimum absolute atomic E-state index is 0.204. The van der Waals surface area contributed by atoms with E-state index in [-0.39, 0.29) is 15.7 Å². The van der Waals surface area contributed by atoms with E-state index in [4.69, 9.17) is 44.9 Å². The smallest absolute Gasteiger partial charge is 0.345 e. The van der Waals surface area contributed by atoms with E-state index in [0.29, 0.717) is 16.3 Å². The Morgan fingerprint density at radius 1 is 1.00 bits per heavy atom. The molecule has 35 heavy (non-hydrogen) atoms. The molecule has 0 radical (unpaired) electrons. The van der Waals surface area contributed by atoms with Gasteiger partial charge in [0.15, 0.2) is 5.11 Å². The first-order valence-corrected chi connectivity index (χ1v) is 11.5. The SMILES string of the molecule is COc1ccc(NC(=S)N/N=C\c2c(OC(=O)c3ccc(Cl)cc3Cl)ccc3ccccc23)cc1. The van der Waals surface area contributed by atoms with Gasteiger partial charge < -0.3 is 14.8 Å². The maximum absolute atomic E-state index is 12.8. The Morgan fingerprint density at radius 2 is 1.77 bits per heavy atom. The van der Waals surface area contributed by atoms with Crippen molar-refractivity contribution in [1.29, 1.82) is 0 Å². The molecule has 0 spiro atoms. The van der Waals surface area contributed by atoms with E-state index in [1.54, 1.807) is 25.5 Å². The highest BCUT2D eigenvalue weighted by molar-refractivity contribution is 7.80. The van der Waals surface area contributed by atoms with Gasteiger partial charge in [-0.3, -0.25) is 5.43 Å². The summed E-state index contributed by atoms with van der Waals surface area (Å²) in [5.74, 6) is 0.450. The van der Waals surface area contributed by atoms with E-state index in [0.717, 1.165) is 22.2 Å². The maximum Gasteiger partial charge on any atom is 0.345 e. The van der Waals surface area contributed by atoms with Crippen LogP contribution in [0.1, 0.15) is 15.9 Å². The lowest BCUT2D eigenvalue weighted by molar-refractivity contribution is 0.0735. The van der Waals surface area contributed by atoms with Crippen molar-refractivity contribution in [3.63, 3.8) is 0 Å². The molecule has 0 aliphatic heterocycles. The third kappa shape index (κ3) is 6.08. The Morgan fingerprint density at radius 3 is 2.51 bits per heavy atom. The molecule has 0 saturated carbocycles. The van der Waals surface area contributed by atoms with E-state index in [2.05, 4.69) is 15.8 Å². The van der Waals surface area contributed by atoms with Crippen LogP contribution in [0.15, 0.2) is 84.0 Å². The van der Waals surface area contributed by atoms with Gasteiger partial charge in [0.2, 0.25) is 0 Å². The second kappa shape index (κ2) is 11.2. The normalized spacial score (nSPS) is 10.8. The van der Waals surface area contributed by atoms with Crippen LogP contribution in [0.5, 0.6) is 11.5 Å². The van der Waals surface area contributed by atoms with Gasteiger partial charge in [0.1, 0.15) is 11.5 Å². The molecule has 0 fully saturated rings. The molecule has 0 aliphatic rings. The number of hydrogen-bond acceptors (Lipinski definition) is 5. The lowest BCUT2D eigenvalue weighted by Crippen LogP contribution is -2.23. The Balaban J connectivity index is 1.55. The first kappa shape index (κ1) is 24.5. The first-order valence-electron chi connectivity index (χ1n) is 10.4. The van der Waals surface area contributed by atoms with E-state index >= 15 is 0 Å². The summed E-state index contributed by atoms with van der Waals surface area (Å²) in [4.78, 5) is 12.8. The number of hydrazone groups is 1. The zero-order valence-corrected chi connectivity index (χ0v) is 20.7. The molecule has 0 aromatic heterocycles. The standard InChI is InChI=1S/C26H19Cl2N3O3S/c1-33-19-10-8-18(9-11-19)30-26(35)31-29-15-22-20-5-3-2-4-16(20)6-13-24(22)34-25(32)21-12-7-17(27)14-23(21)28/h2-15H,1H3,(H2,30,31,35)/b29-15-. The van der Waals surface area contributed by atoms with Crippen LogP contribution < -0.4 is 20.2 Å². The summed E-state index contributed by atoms with van der Waals surface area (Å²) < 4.78 is 10.8. The molecule has 0 unspecified atom stereocenters. The monoisotopic (exact) mass is 523 g/mol. The predicted octanol–water partition coefficient (Wildman–Crippen LogP) is 6.69. The number of anilines is 1. The van der Waals surface area contributed by atoms with Gasteiger partial charge in [0.05, 0.1) is 23.9 Å². The Bertz CT molecular complexity index is 1430. The Hall–Kier alpha value is -3.65. The van der Waals surface area contributed by atoms with Crippen molar-refractivity contribution in [3.8, 4) is 11.5 Å². The van der Waals surface area contributed by atoms with E-state index in [1.165, 1.54) is 12.1 Å². The van der Waals surface area contributed by atoms with Crippen molar-refractivity contribution in [3.05, 3.63) is 100 Å². The quantitative estimate of drug-likeness (QED) is 0.0963. The summed E-state index contributed by atoms with van der Waals surface area (Å²) in [5.41, 5.74) is 4.36. The molecular weight excluding hydrogens is 505 g/mol. The van der Waals surface area contributed by atoms with Crippen molar-refractivity contribution >= 4 is 69.2 Å². The number of benzene rings is 4. The number of thiocarbonyl (C=S) groups is 1. The third-order valence-electron chi connectivity index (χ3n) is 4.99. The van der Waals surface area contributed by atoms with Crippen LogP contribution >= 0.6 is 35.4 Å². The number of carbonyl (C=O) groups is 1. The average Bonchev–Trinajstić information content (AvgIpc) is 2.85. The predicted molar refractivity (Wildman–Crippen MR) is 145 cm³/mol. The molecule has 4 rings (SSSR count). The molecule has 0 bridgehead atoms. The van der Waals surface area contributed by atoms with Crippen LogP contribution in [-0.2, 0) is 0 Å². The number of esters is 1. The summed E-state index contributed by atoms with van der Waals surface area (Å²) in [7, 11) is 1.60. The molecule has 176 valence electrons. The molecule has 0 aliphatic carbocycles. The highest BCUT2D eigenvalue weighted by Crippen LogP contribution is 2.29. The van der Waals surface area contributed by atoms with Crippen molar-refractivity contribution in [2.24, 2.45) is 5.10 Å². The molecule has 9 heteroatoms. The summed E-state index contributed by atoms with van der Waals surface area (Å²) in [5, 5.41) is 10.0. The lowest BCUT2D eigenvalue weighted by atomic mass is 10.0. The van der Waals surface area contributed by atoms with Gasteiger partial charge in [-0.05, 0) is 71.5 Å². The zero-order chi connectivity index (χ0) is 24.8. The second-order valence-corrected chi connectivity index (χ2v) is 8.52. The number of nitrogens with zero attached hydrogens (tertiary/aromatic N) is 1. The van der Waals surface area contributed by atoms with E-state index in [9.17, 15) is 4.79 Å². The fraction of sp³-hybridized carbons (Fsp3) is 0.0385. The maximum atomic E-state index is 12.8. The average molecular weight is 524 g/mol. The molecule has 2 N–H and O–H groups in total. The number of fused-ring (bicyclic) bond motifs is 1. The fourth-order valence-corrected chi connectivity index (χ4v) is 3.95. The van der Waals surface area contributed by atoms with Crippen LogP contribution in [0.3, 0.4) is 0 Å². The van der Waals surface area contributed by atoms with Crippen LogP contribution in [-0.4, -0.2) is 24.4 Å². The zero-order valence-electron chi connectivity index (χ0n) is 18.4.